The van der Waals surface area contributed by atoms with E-state index in [0.29, 0.717) is 17.8 Å². The molecule has 3 rings (SSSR count). The van der Waals surface area contributed by atoms with E-state index in [1.54, 1.807) is 29.2 Å². The lowest BCUT2D eigenvalue weighted by molar-refractivity contribution is -0.115. The molecular weight excluding hydrogens is 295 g/mol. The second-order valence-corrected chi connectivity index (χ2v) is 5.42. The number of anilines is 1. The zero-order valence-electron chi connectivity index (χ0n) is 12.8. The van der Waals surface area contributed by atoms with Crippen molar-refractivity contribution in [2.45, 2.75) is 19.3 Å². The van der Waals surface area contributed by atoms with Gasteiger partial charge in [-0.3, -0.25) is 9.48 Å². The highest BCUT2D eigenvalue weighted by Crippen LogP contribution is 2.23. The minimum Gasteiger partial charge on any atom is -0.310 e. The second kappa shape index (κ2) is 6.56. The van der Waals surface area contributed by atoms with Gasteiger partial charge in [0.05, 0.1) is 12.6 Å². The molecule has 0 fully saturated rings. The van der Waals surface area contributed by atoms with Crippen molar-refractivity contribution in [1.29, 1.82) is 0 Å². The van der Waals surface area contributed by atoms with Gasteiger partial charge in [0.25, 0.3) is 0 Å². The molecule has 1 N–H and O–H groups in total. The molecule has 0 saturated heterocycles. The van der Waals surface area contributed by atoms with Gasteiger partial charge in [-0.2, -0.15) is 5.10 Å². The van der Waals surface area contributed by atoms with Crippen LogP contribution in [0.3, 0.4) is 0 Å². The smallest absolute Gasteiger partial charge is 0.230 e. The van der Waals surface area contributed by atoms with E-state index in [1.165, 1.54) is 6.08 Å². The molecule has 1 aliphatic rings. The molecule has 0 aliphatic heterocycles. The van der Waals surface area contributed by atoms with Gasteiger partial charge in [0.15, 0.2) is 0 Å². The van der Waals surface area contributed by atoms with E-state index in [-0.39, 0.29) is 18.2 Å². The van der Waals surface area contributed by atoms with Crippen molar-refractivity contribution in [1.82, 2.24) is 14.8 Å². The normalized spacial score (nSPS) is 14.2. The minimum absolute atomic E-state index is 0.0222. The molecule has 2 aromatic rings. The van der Waals surface area contributed by atoms with Crippen molar-refractivity contribution in [3.63, 3.8) is 0 Å². The minimum atomic E-state index is -0.300. The van der Waals surface area contributed by atoms with Crippen molar-refractivity contribution < 1.29 is 9.18 Å². The van der Waals surface area contributed by atoms with Crippen molar-refractivity contribution in [2.75, 3.05) is 5.32 Å². The monoisotopic (exact) mass is 312 g/mol. The van der Waals surface area contributed by atoms with Crippen LogP contribution in [-0.2, 0) is 11.8 Å². The van der Waals surface area contributed by atoms with E-state index in [2.05, 4.69) is 15.4 Å². The molecule has 0 unspecified atom stereocenters. The molecule has 5 nitrogen and oxygen atoms in total. The van der Waals surface area contributed by atoms with Gasteiger partial charge < -0.3 is 5.32 Å². The zero-order valence-corrected chi connectivity index (χ0v) is 12.8. The number of carbonyl (C=O) groups is 1. The third-order valence-corrected chi connectivity index (χ3v) is 3.61. The number of nitrogens with one attached hydrogen (secondary N) is 1. The lowest BCUT2D eigenvalue weighted by atomic mass is 10.0. The summed E-state index contributed by atoms with van der Waals surface area (Å²) in [6.07, 6.45) is 10.1. The van der Waals surface area contributed by atoms with Crippen molar-refractivity contribution in [3.05, 3.63) is 54.3 Å². The van der Waals surface area contributed by atoms with Crippen molar-refractivity contribution in [3.8, 4) is 11.1 Å². The Morgan fingerprint density at radius 2 is 2.09 bits per heavy atom. The maximum Gasteiger partial charge on any atom is 0.230 e. The Labute approximate surface area is 133 Å². The first-order valence-corrected chi connectivity index (χ1v) is 7.42. The van der Waals surface area contributed by atoms with Crippen molar-refractivity contribution in [2.24, 2.45) is 7.05 Å². The van der Waals surface area contributed by atoms with Gasteiger partial charge in [-0.05, 0) is 36.6 Å². The molecule has 0 radical (unpaired) electrons. The van der Waals surface area contributed by atoms with Crippen LogP contribution in [0, 0.1) is 0 Å². The predicted octanol–water partition coefficient (Wildman–Crippen LogP) is 3.38. The molecule has 1 aliphatic carbocycles. The lowest BCUT2D eigenvalue weighted by Crippen LogP contribution is -2.14. The summed E-state index contributed by atoms with van der Waals surface area (Å²) in [5.74, 6) is -0.127. The summed E-state index contributed by atoms with van der Waals surface area (Å²) in [5.41, 5.74) is 2.32. The summed E-state index contributed by atoms with van der Waals surface area (Å²) in [4.78, 5) is 16.2. The standard InChI is InChI=1S/C17H17FN4O/c1-22-11-14(10-20-22)13-6-7-16(19-9-13)21-17(23)8-12-4-2-3-5-15(12)18/h4-7,9-11H,2-3,8H2,1H3,(H,19,21,23). The Bertz CT molecular complexity index is 774. The Morgan fingerprint density at radius 3 is 2.74 bits per heavy atom. The van der Waals surface area contributed by atoms with Gasteiger partial charge in [0.2, 0.25) is 5.91 Å². The van der Waals surface area contributed by atoms with Crippen LogP contribution in [0.2, 0.25) is 0 Å². The number of nitrogens with zero attached hydrogens (tertiary/aromatic N) is 3. The average Bonchev–Trinajstić information content (AvgIpc) is 2.97. The number of aromatic nitrogens is 3. The molecule has 23 heavy (non-hydrogen) atoms. The number of hydrogen-bond donors (Lipinski definition) is 1. The quantitative estimate of drug-likeness (QED) is 0.941. The van der Waals surface area contributed by atoms with Crippen molar-refractivity contribution >= 4 is 11.7 Å². The molecule has 1 amide bonds. The van der Waals surface area contributed by atoms with E-state index >= 15 is 0 Å². The molecular formula is C17H17FN4O. The molecule has 2 aromatic heterocycles. The van der Waals surface area contributed by atoms with Crippen LogP contribution in [0.4, 0.5) is 10.2 Å². The van der Waals surface area contributed by atoms with Gasteiger partial charge >= 0.3 is 0 Å². The highest BCUT2D eigenvalue weighted by molar-refractivity contribution is 5.92. The van der Waals surface area contributed by atoms with Gasteiger partial charge in [-0.25, -0.2) is 9.37 Å². The Balaban J connectivity index is 1.63. The zero-order chi connectivity index (χ0) is 16.2. The molecule has 0 spiro atoms. The Kier molecular flexibility index (Phi) is 4.32. The number of aryl methyl sites for hydroxylation is 1. The van der Waals surface area contributed by atoms with Crippen LogP contribution in [0.5, 0.6) is 0 Å². The fourth-order valence-electron chi connectivity index (χ4n) is 2.42. The largest absolute Gasteiger partial charge is 0.310 e. The van der Waals surface area contributed by atoms with E-state index in [1.807, 2.05) is 19.3 Å². The lowest BCUT2D eigenvalue weighted by Gasteiger charge is -2.10. The molecule has 0 saturated carbocycles. The van der Waals surface area contributed by atoms with Gasteiger partial charge in [0.1, 0.15) is 11.6 Å². The van der Waals surface area contributed by atoms with Crippen LogP contribution in [-0.4, -0.2) is 20.7 Å². The number of allylic oxidation sites excluding steroid dienone is 3. The summed E-state index contributed by atoms with van der Waals surface area (Å²) < 4.78 is 15.3. The molecule has 118 valence electrons. The molecule has 0 atom stereocenters. The topological polar surface area (TPSA) is 59.8 Å². The summed E-state index contributed by atoms with van der Waals surface area (Å²) in [7, 11) is 1.85. The summed E-state index contributed by atoms with van der Waals surface area (Å²) in [5, 5.41) is 6.80. The maximum atomic E-state index is 13.6. The third-order valence-electron chi connectivity index (χ3n) is 3.61. The second-order valence-electron chi connectivity index (χ2n) is 5.42. The highest BCUT2D eigenvalue weighted by Gasteiger charge is 2.13. The maximum absolute atomic E-state index is 13.6. The number of amides is 1. The van der Waals surface area contributed by atoms with E-state index < -0.39 is 0 Å². The Hall–Kier alpha value is -2.76. The van der Waals surface area contributed by atoms with Crippen LogP contribution in [0.15, 0.2) is 54.3 Å². The Morgan fingerprint density at radius 1 is 1.26 bits per heavy atom. The van der Waals surface area contributed by atoms with Gasteiger partial charge in [-0.1, -0.05) is 6.08 Å². The average molecular weight is 312 g/mol. The molecule has 2 heterocycles. The first kappa shape index (κ1) is 15.1. The number of carbonyl (C=O) groups excluding carboxylic acids is 1. The number of pyridine rings is 1. The highest BCUT2D eigenvalue weighted by atomic mass is 19.1. The van der Waals surface area contributed by atoms with Gasteiger partial charge in [-0.15, -0.1) is 0 Å². The van der Waals surface area contributed by atoms with E-state index in [9.17, 15) is 9.18 Å². The number of hydrogen-bond acceptors (Lipinski definition) is 3. The first-order chi connectivity index (χ1) is 11.1. The number of halogens is 1. The summed E-state index contributed by atoms with van der Waals surface area (Å²) in [6.45, 7) is 0. The third kappa shape index (κ3) is 3.71. The molecule has 6 heteroatoms. The first-order valence-electron chi connectivity index (χ1n) is 7.42. The van der Waals surface area contributed by atoms with E-state index in [4.69, 9.17) is 0 Å². The van der Waals surface area contributed by atoms with Crippen LogP contribution in [0.25, 0.3) is 11.1 Å². The fourth-order valence-corrected chi connectivity index (χ4v) is 2.42. The summed E-state index contributed by atoms with van der Waals surface area (Å²) >= 11 is 0. The van der Waals surface area contributed by atoms with Crippen LogP contribution in [0.1, 0.15) is 19.3 Å². The number of rotatable bonds is 4. The summed E-state index contributed by atoms with van der Waals surface area (Å²) in [6, 6.07) is 3.58. The molecule has 0 bridgehead atoms. The van der Waals surface area contributed by atoms with Crippen LogP contribution < -0.4 is 5.32 Å². The van der Waals surface area contributed by atoms with Gasteiger partial charge in [0, 0.05) is 30.6 Å². The predicted molar refractivity (Wildman–Crippen MR) is 86.2 cm³/mol. The SMILES string of the molecule is Cn1cc(-c2ccc(NC(=O)CC3=CCCC=C3F)nc2)cn1. The van der Waals surface area contributed by atoms with Crippen LogP contribution >= 0.6 is 0 Å². The van der Waals surface area contributed by atoms with E-state index in [0.717, 1.165) is 17.5 Å². The molecule has 0 aromatic carbocycles. The fraction of sp³-hybridized carbons (Fsp3) is 0.235.